The largest absolute Gasteiger partial charge is 0.389 e. The molecule has 0 aromatic heterocycles. The highest BCUT2D eigenvalue weighted by Crippen LogP contribution is 2.38. The van der Waals surface area contributed by atoms with E-state index in [-0.39, 0.29) is 12.5 Å². The number of alkyl halides is 3. The minimum atomic E-state index is -4.04. The number of hydrogen-bond acceptors (Lipinski definition) is 3. The molecule has 1 fully saturated rings. The minimum Gasteiger partial charge on any atom is -0.313 e. The van der Waals surface area contributed by atoms with Crippen molar-refractivity contribution in [2.24, 2.45) is 0 Å². The van der Waals surface area contributed by atoms with Crippen LogP contribution >= 0.6 is 23.5 Å². The maximum absolute atomic E-state index is 12.4. The summed E-state index contributed by atoms with van der Waals surface area (Å²) in [5, 5.41) is 4.72. The fourth-order valence-electron chi connectivity index (χ4n) is 2.09. The Morgan fingerprint density at radius 2 is 1.95 bits per heavy atom. The van der Waals surface area contributed by atoms with Crippen molar-refractivity contribution in [3.8, 4) is 0 Å². The average Bonchev–Trinajstić information content (AvgIpc) is 2.32. The zero-order chi connectivity index (χ0) is 14.5. The molecule has 1 nitrogen and oxygen atoms in total. The molecule has 114 valence electrons. The summed E-state index contributed by atoms with van der Waals surface area (Å²) in [6.45, 7) is 7.22. The number of halogens is 3. The highest BCUT2D eigenvalue weighted by Gasteiger charge is 2.34. The fourth-order valence-corrected chi connectivity index (χ4v) is 5.26. The van der Waals surface area contributed by atoms with E-state index in [2.05, 4.69) is 19.2 Å². The van der Waals surface area contributed by atoms with Gasteiger partial charge in [0.25, 0.3) is 0 Å². The Balaban J connectivity index is 2.52. The Morgan fingerprint density at radius 1 is 1.26 bits per heavy atom. The third-order valence-electron chi connectivity index (χ3n) is 3.42. The van der Waals surface area contributed by atoms with Crippen molar-refractivity contribution in [1.29, 1.82) is 0 Å². The number of thioether (sulfide) groups is 2. The van der Waals surface area contributed by atoms with Gasteiger partial charge in [0.05, 0.1) is 0 Å². The zero-order valence-electron chi connectivity index (χ0n) is 11.8. The van der Waals surface area contributed by atoms with E-state index in [9.17, 15) is 13.2 Å². The van der Waals surface area contributed by atoms with E-state index in [1.54, 1.807) is 0 Å². The van der Waals surface area contributed by atoms with Crippen molar-refractivity contribution in [2.75, 3.05) is 12.3 Å². The molecule has 19 heavy (non-hydrogen) atoms. The minimum absolute atomic E-state index is 0.0194. The molecule has 1 N–H and O–H groups in total. The summed E-state index contributed by atoms with van der Waals surface area (Å²) >= 11 is 3.74. The first kappa shape index (κ1) is 17.5. The summed E-state index contributed by atoms with van der Waals surface area (Å²) in [7, 11) is 0. The molecule has 0 spiro atoms. The molecule has 1 saturated heterocycles. The lowest BCUT2D eigenvalue weighted by Crippen LogP contribution is -2.44. The van der Waals surface area contributed by atoms with Crippen LogP contribution in [0.5, 0.6) is 0 Å². The van der Waals surface area contributed by atoms with Gasteiger partial charge >= 0.3 is 6.18 Å². The summed E-state index contributed by atoms with van der Waals surface area (Å²) in [6, 6.07) is -0.0194. The molecule has 0 aromatic rings. The van der Waals surface area contributed by atoms with Gasteiger partial charge in [0.15, 0.2) is 0 Å². The molecule has 0 bridgehead atoms. The van der Waals surface area contributed by atoms with Crippen LogP contribution in [0.2, 0.25) is 0 Å². The smallest absolute Gasteiger partial charge is 0.313 e. The quantitative estimate of drug-likeness (QED) is 0.784. The van der Waals surface area contributed by atoms with E-state index in [4.69, 9.17) is 0 Å². The molecule has 0 aromatic carbocycles. The molecule has 0 radical (unpaired) electrons. The summed E-state index contributed by atoms with van der Waals surface area (Å²) in [5.74, 6) is 0.954. The second kappa shape index (κ2) is 8.03. The molecule has 1 aliphatic rings. The van der Waals surface area contributed by atoms with Gasteiger partial charge in [0.2, 0.25) is 0 Å². The highest BCUT2D eigenvalue weighted by molar-refractivity contribution is 8.07. The summed E-state index contributed by atoms with van der Waals surface area (Å²) in [4.78, 5) is 0. The van der Waals surface area contributed by atoms with Gasteiger partial charge in [-0.15, -0.1) is 0 Å². The Hall–Kier alpha value is 0.450. The van der Waals surface area contributed by atoms with Crippen molar-refractivity contribution < 1.29 is 13.2 Å². The van der Waals surface area contributed by atoms with E-state index in [0.29, 0.717) is 15.7 Å². The topological polar surface area (TPSA) is 12.0 Å². The molecule has 1 rings (SSSR count). The predicted octanol–water partition coefficient (Wildman–Crippen LogP) is 4.32. The van der Waals surface area contributed by atoms with E-state index >= 15 is 0 Å². The van der Waals surface area contributed by atoms with Gasteiger partial charge in [0, 0.05) is 34.0 Å². The molecule has 6 heteroatoms. The number of nitrogens with one attached hydrogen (secondary N) is 1. The SMILES string of the molecule is CCCNC(CCC(F)(F)F)C1CSC(C)C(C)S1. The molecule has 0 saturated carbocycles. The zero-order valence-corrected chi connectivity index (χ0v) is 13.4. The Morgan fingerprint density at radius 3 is 2.47 bits per heavy atom. The summed E-state index contributed by atoms with van der Waals surface area (Å²) in [6.07, 6.45) is -3.57. The maximum Gasteiger partial charge on any atom is 0.389 e. The monoisotopic (exact) mass is 315 g/mol. The van der Waals surface area contributed by atoms with Crippen LogP contribution < -0.4 is 5.32 Å². The summed E-state index contributed by atoms with van der Waals surface area (Å²) in [5.41, 5.74) is 0. The van der Waals surface area contributed by atoms with Gasteiger partial charge in [-0.25, -0.2) is 0 Å². The molecular formula is C13H24F3NS2. The third kappa shape index (κ3) is 6.63. The van der Waals surface area contributed by atoms with E-state index < -0.39 is 12.6 Å². The number of rotatable bonds is 6. The van der Waals surface area contributed by atoms with Gasteiger partial charge < -0.3 is 5.32 Å². The van der Waals surface area contributed by atoms with Gasteiger partial charge in [-0.1, -0.05) is 20.8 Å². The predicted molar refractivity (Wildman–Crippen MR) is 80.1 cm³/mol. The normalized spacial score (nSPS) is 30.3. The first-order chi connectivity index (χ1) is 8.83. The first-order valence-electron chi connectivity index (χ1n) is 6.90. The number of hydrogen-bond donors (Lipinski definition) is 1. The van der Waals surface area contributed by atoms with Crippen molar-refractivity contribution in [3.63, 3.8) is 0 Å². The standard InChI is InChI=1S/C13H24F3NS2/c1-4-7-17-11(5-6-13(14,15)16)12-8-18-9(2)10(3)19-12/h9-12,17H,4-8H2,1-3H3. The second-order valence-electron chi connectivity index (χ2n) is 5.13. The second-order valence-corrected chi connectivity index (χ2v) is 8.16. The van der Waals surface area contributed by atoms with E-state index in [1.165, 1.54) is 0 Å². The Labute approximate surface area is 122 Å². The van der Waals surface area contributed by atoms with Crippen LogP contribution in [0.25, 0.3) is 0 Å². The average molecular weight is 315 g/mol. The van der Waals surface area contributed by atoms with Crippen molar-refractivity contribution in [3.05, 3.63) is 0 Å². The summed E-state index contributed by atoms with van der Waals surface area (Å²) < 4.78 is 37.2. The lowest BCUT2D eigenvalue weighted by molar-refractivity contribution is -0.136. The van der Waals surface area contributed by atoms with Crippen molar-refractivity contribution in [2.45, 2.75) is 68.0 Å². The molecule has 0 aliphatic carbocycles. The van der Waals surface area contributed by atoms with Crippen LogP contribution in [0, 0.1) is 0 Å². The molecule has 1 heterocycles. The van der Waals surface area contributed by atoms with Crippen LogP contribution in [0.15, 0.2) is 0 Å². The van der Waals surface area contributed by atoms with Crippen LogP contribution in [-0.2, 0) is 0 Å². The van der Waals surface area contributed by atoms with E-state index in [1.807, 2.05) is 30.4 Å². The lowest BCUT2D eigenvalue weighted by Gasteiger charge is -2.36. The molecule has 0 amide bonds. The molecule has 4 unspecified atom stereocenters. The van der Waals surface area contributed by atoms with Crippen molar-refractivity contribution in [1.82, 2.24) is 5.32 Å². The van der Waals surface area contributed by atoms with Crippen molar-refractivity contribution >= 4 is 23.5 Å². The molecule has 1 aliphatic heterocycles. The highest BCUT2D eigenvalue weighted by atomic mass is 32.2. The maximum atomic E-state index is 12.4. The Bertz CT molecular complexity index is 261. The van der Waals surface area contributed by atoms with Crippen LogP contribution in [0.4, 0.5) is 13.2 Å². The van der Waals surface area contributed by atoms with Crippen LogP contribution in [-0.4, -0.2) is 40.3 Å². The Kier molecular flexibility index (Phi) is 7.40. The van der Waals surface area contributed by atoms with Crippen LogP contribution in [0.1, 0.15) is 40.0 Å². The van der Waals surface area contributed by atoms with Gasteiger partial charge in [0.1, 0.15) is 0 Å². The fraction of sp³-hybridized carbons (Fsp3) is 1.00. The van der Waals surface area contributed by atoms with Gasteiger partial charge in [-0.2, -0.15) is 36.7 Å². The molecular weight excluding hydrogens is 291 g/mol. The van der Waals surface area contributed by atoms with E-state index in [0.717, 1.165) is 18.7 Å². The first-order valence-corrected chi connectivity index (χ1v) is 8.90. The lowest BCUT2D eigenvalue weighted by atomic mass is 10.1. The van der Waals surface area contributed by atoms with Gasteiger partial charge in [-0.05, 0) is 19.4 Å². The van der Waals surface area contributed by atoms with Gasteiger partial charge in [-0.3, -0.25) is 0 Å². The van der Waals surface area contributed by atoms with Crippen LogP contribution in [0.3, 0.4) is 0 Å². The third-order valence-corrected chi connectivity index (χ3v) is 6.97. The molecule has 4 atom stereocenters.